The van der Waals surface area contributed by atoms with Crippen LogP contribution in [0.3, 0.4) is 0 Å². The third-order valence-corrected chi connectivity index (χ3v) is 5.28. The summed E-state index contributed by atoms with van der Waals surface area (Å²) in [5.41, 5.74) is 5.86. The minimum atomic E-state index is -0.191. The minimum absolute atomic E-state index is 0. The van der Waals surface area contributed by atoms with Crippen molar-refractivity contribution in [2.24, 2.45) is 5.16 Å². The van der Waals surface area contributed by atoms with Gasteiger partial charge in [0.1, 0.15) is 12.4 Å². The number of carbonyl (C=O) groups is 1. The average Bonchev–Trinajstić information content (AvgIpc) is 3.03. The molecule has 5 nitrogen and oxygen atoms in total. The quantitative estimate of drug-likeness (QED) is 0.477. The Morgan fingerprint density at radius 1 is 1.15 bits per heavy atom. The summed E-state index contributed by atoms with van der Waals surface area (Å²) in [6.07, 6.45) is 10.0. The Morgan fingerprint density at radius 3 is 2.61 bits per heavy atom. The molecule has 2 aromatic rings. The predicted molar refractivity (Wildman–Crippen MR) is 135 cm³/mol. The first-order valence-electron chi connectivity index (χ1n) is 10.8. The molecule has 4 rings (SSSR count). The van der Waals surface area contributed by atoms with Crippen LogP contribution in [-0.4, -0.2) is 31.0 Å². The number of ether oxygens (including phenoxy) is 1. The zero-order valence-corrected chi connectivity index (χ0v) is 19.5. The summed E-state index contributed by atoms with van der Waals surface area (Å²) < 4.78 is 5.90. The van der Waals surface area contributed by atoms with E-state index < -0.39 is 0 Å². The van der Waals surface area contributed by atoms with Crippen molar-refractivity contribution in [1.29, 1.82) is 0 Å². The molecule has 2 aromatic carbocycles. The lowest BCUT2D eigenvalue weighted by Gasteiger charge is -2.15. The molecule has 0 aromatic heterocycles. The number of nitrogens with one attached hydrogen (secondary N) is 1. The zero-order valence-electron chi connectivity index (χ0n) is 18.7. The molecule has 1 aliphatic carbocycles. The monoisotopic (exact) mass is 462 g/mol. The molecule has 0 saturated carbocycles. The SMILES string of the molecule is CCON=C=C1C=CC(NC(=O)C2=Cc3cc(-c4ccc(C)cc4)ccc3OCC2)C=C1.Cl. The van der Waals surface area contributed by atoms with Gasteiger partial charge in [-0.25, -0.2) is 0 Å². The van der Waals surface area contributed by atoms with Crippen molar-refractivity contribution in [3.63, 3.8) is 0 Å². The van der Waals surface area contributed by atoms with E-state index in [9.17, 15) is 4.79 Å². The molecule has 0 radical (unpaired) electrons. The largest absolute Gasteiger partial charge is 0.493 e. The molecule has 1 N–H and O–H groups in total. The zero-order chi connectivity index (χ0) is 22.3. The highest BCUT2D eigenvalue weighted by Gasteiger charge is 2.18. The van der Waals surface area contributed by atoms with Gasteiger partial charge in [-0.3, -0.25) is 4.79 Å². The third kappa shape index (κ3) is 6.26. The third-order valence-electron chi connectivity index (χ3n) is 5.28. The fraction of sp³-hybridized carbons (Fsp3) is 0.222. The van der Waals surface area contributed by atoms with Crippen LogP contribution in [0.15, 0.2) is 83.1 Å². The lowest BCUT2D eigenvalue weighted by molar-refractivity contribution is -0.117. The summed E-state index contributed by atoms with van der Waals surface area (Å²) in [7, 11) is 0. The van der Waals surface area contributed by atoms with E-state index in [1.165, 1.54) is 5.56 Å². The molecule has 0 fully saturated rings. The van der Waals surface area contributed by atoms with Crippen molar-refractivity contribution in [2.45, 2.75) is 26.3 Å². The van der Waals surface area contributed by atoms with E-state index in [-0.39, 0.29) is 24.4 Å². The molecule has 2 aliphatic rings. The summed E-state index contributed by atoms with van der Waals surface area (Å²) in [4.78, 5) is 17.9. The van der Waals surface area contributed by atoms with E-state index in [4.69, 9.17) is 9.57 Å². The highest BCUT2D eigenvalue weighted by molar-refractivity contribution is 5.99. The number of hydrogen-bond donors (Lipinski definition) is 1. The van der Waals surface area contributed by atoms with E-state index in [2.05, 4.69) is 59.7 Å². The van der Waals surface area contributed by atoms with Crippen LogP contribution in [0.1, 0.15) is 24.5 Å². The van der Waals surface area contributed by atoms with Crippen LogP contribution in [0.4, 0.5) is 0 Å². The molecule has 0 saturated heterocycles. The van der Waals surface area contributed by atoms with Gasteiger partial charge in [-0.05, 0) is 60.5 Å². The maximum absolute atomic E-state index is 13.0. The number of benzene rings is 2. The van der Waals surface area contributed by atoms with Crippen LogP contribution >= 0.6 is 12.4 Å². The van der Waals surface area contributed by atoms with Crippen LogP contribution < -0.4 is 10.1 Å². The van der Waals surface area contributed by atoms with Gasteiger partial charge >= 0.3 is 0 Å². The second-order valence-electron chi connectivity index (χ2n) is 7.68. The van der Waals surface area contributed by atoms with Crippen molar-refractivity contribution in [3.8, 4) is 16.9 Å². The number of amides is 1. The number of hydrogen-bond acceptors (Lipinski definition) is 4. The van der Waals surface area contributed by atoms with Crippen molar-refractivity contribution < 1.29 is 14.4 Å². The van der Waals surface area contributed by atoms with Crippen LogP contribution in [-0.2, 0) is 9.63 Å². The van der Waals surface area contributed by atoms with Crippen LogP contribution in [0.5, 0.6) is 5.75 Å². The Balaban J connectivity index is 0.00000306. The fourth-order valence-corrected chi connectivity index (χ4v) is 3.53. The van der Waals surface area contributed by atoms with Crippen molar-refractivity contribution in [3.05, 3.63) is 89.0 Å². The lowest BCUT2D eigenvalue weighted by Crippen LogP contribution is -2.34. The summed E-state index contributed by atoms with van der Waals surface area (Å²) in [5.74, 6) is 3.50. The molecule has 1 amide bonds. The van der Waals surface area contributed by atoms with E-state index in [0.29, 0.717) is 25.2 Å². The van der Waals surface area contributed by atoms with E-state index in [1.807, 2.05) is 43.4 Å². The van der Waals surface area contributed by atoms with Crippen molar-refractivity contribution >= 4 is 30.3 Å². The van der Waals surface area contributed by atoms with E-state index in [1.54, 1.807) is 0 Å². The molecule has 1 aliphatic heterocycles. The standard InChI is InChI=1S/C27H26N2O3.ClH/c1-3-32-28-18-20-6-11-25(12-7-20)29-27(30)23-14-15-31-26-13-10-22(16-24(26)17-23)21-8-4-19(2)5-9-21;/h4-13,16-17,25H,3,14-15H2,1-2H3,(H,29,30);1H. The van der Waals surface area contributed by atoms with Crippen molar-refractivity contribution in [1.82, 2.24) is 5.32 Å². The van der Waals surface area contributed by atoms with Gasteiger partial charge in [0.25, 0.3) is 0 Å². The smallest absolute Gasteiger partial charge is 0.248 e. The maximum Gasteiger partial charge on any atom is 0.248 e. The number of allylic oxidation sites excluding steroid dienone is 3. The second kappa shape index (κ2) is 11.4. The molecule has 6 heteroatoms. The van der Waals surface area contributed by atoms with Crippen LogP contribution in [0, 0.1) is 6.92 Å². The Kier molecular flexibility index (Phi) is 8.31. The Bertz CT molecular complexity index is 1140. The Hall–Kier alpha value is -3.53. The molecule has 0 bridgehead atoms. The molecule has 1 heterocycles. The van der Waals surface area contributed by atoms with E-state index >= 15 is 0 Å². The summed E-state index contributed by atoms with van der Waals surface area (Å²) in [5, 5.41) is 6.79. The van der Waals surface area contributed by atoms with Crippen LogP contribution in [0.25, 0.3) is 17.2 Å². The summed E-state index contributed by atoms with van der Waals surface area (Å²) >= 11 is 0. The van der Waals surface area contributed by atoms with Gasteiger partial charge in [0.15, 0.2) is 0 Å². The highest BCUT2D eigenvalue weighted by atomic mass is 35.5. The molecular formula is C27H27ClN2O3. The Morgan fingerprint density at radius 2 is 1.88 bits per heavy atom. The molecular weight excluding hydrogens is 436 g/mol. The fourth-order valence-electron chi connectivity index (χ4n) is 3.53. The molecule has 0 atom stereocenters. The van der Waals surface area contributed by atoms with Crippen molar-refractivity contribution in [2.75, 3.05) is 13.2 Å². The maximum atomic E-state index is 13.0. The van der Waals surface area contributed by atoms with E-state index in [0.717, 1.165) is 28.0 Å². The van der Waals surface area contributed by atoms with Gasteiger partial charge < -0.3 is 14.9 Å². The highest BCUT2D eigenvalue weighted by Crippen LogP contribution is 2.31. The number of aryl methyl sites for hydroxylation is 1. The van der Waals surface area contributed by atoms with Gasteiger partial charge in [0, 0.05) is 29.0 Å². The normalized spacial score (nSPS) is 16.2. The summed E-state index contributed by atoms with van der Waals surface area (Å²) in [6.45, 7) is 4.90. The van der Waals surface area contributed by atoms with Gasteiger partial charge in [-0.1, -0.05) is 48.0 Å². The first-order chi connectivity index (χ1) is 15.6. The Labute approximate surface area is 200 Å². The molecule has 0 unspecified atom stereocenters. The first-order valence-corrected chi connectivity index (χ1v) is 10.8. The topological polar surface area (TPSA) is 59.9 Å². The molecule has 0 spiro atoms. The first kappa shape index (κ1) is 24.1. The molecule has 33 heavy (non-hydrogen) atoms. The van der Waals surface area contributed by atoms with Gasteiger partial charge in [-0.15, -0.1) is 12.4 Å². The predicted octanol–water partition coefficient (Wildman–Crippen LogP) is 5.41. The second-order valence-corrected chi connectivity index (χ2v) is 7.68. The van der Waals surface area contributed by atoms with Crippen LogP contribution in [0.2, 0.25) is 0 Å². The van der Waals surface area contributed by atoms with Gasteiger partial charge in [0.2, 0.25) is 5.91 Å². The van der Waals surface area contributed by atoms with Gasteiger partial charge in [0.05, 0.1) is 12.6 Å². The lowest BCUT2D eigenvalue weighted by atomic mass is 10.00. The summed E-state index contributed by atoms with van der Waals surface area (Å²) in [6, 6.07) is 14.3. The number of nitrogens with zero attached hydrogens (tertiary/aromatic N) is 1. The number of rotatable bonds is 5. The minimum Gasteiger partial charge on any atom is -0.493 e. The van der Waals surface area contributed by atoms with Gasteiger partial charge in [-0.2, -0.15) is 0 Å². The number of halogens is 1. The number of carbonyl (C=O) groups excluding carboxylic acids is 1. The average molecular weight is 463 g/mol. The number of fused-ring (bicyclic) bond motifs is 1. The molecule has 170 valence electrons.